The molecule has 14 heavy (non-hydrogen) atoms. The Morgan fingerprint density at radius 1 is 1.57 bits per heavy atom. The Hall–Kier alpha value is -1.69. The second-order valence-electron chi connectivity index (χ2n) is 2.47. The Balaban J connectivity index is 2.94. The lowest BCUT2D eigenvalue weighted by Crippen LogP contribution is -2.05. The molecule has 1 radical (unpaired) electrons. The van der Waals surface area contributed by atoms with Crippen LogP contribution in [-0.4, -0.2) is 25.8 Å². The molecule has 73 valence electrons. The predicted octanol–water partition coefficient (Wildman–Crippen LogP) is -0.0393. The largest absolute Gasteiger partial charge is 0.569 e. The maximum absolute atomic E-state index is 11.1. The molecule has 0 aliphatic rings. The van der Waals surface area contributed by atoms with E-state index in [1.165, 1.54) is 25.3 Å². The van der Waals surface area contributed by atoms with Gasteiger partial charge in [0, 0.05) is 0 Å². The average molecular weight is 194 g/mol. The number of benzene rings is 1. The highest BCUT2D eigenvalue weighted by Gasteiger charge is 2.08. The van der Waals surface area contributed by atoms with Crippen molar-refractivity contribution < 1.29 is 19.2 Å². The van der Waals surface area contributed by atoms with Crippen molar-refractivity contribution in [1.29, 1.82) is 0 Å². The van der Waals surface area contributed by atoms with Crippen LogP contribution in [0, 0.1) is 0 Å². The van der Waals surface area contributed by atoms with Crippen LogP contribution in [0.5, 0.6) is 5.75 Å². The van der Waals surface area contributed by atoms with Gasteiger partial charge in [-0.2, -0.15) is 0 Å². The van der Waals surface area contributed by atoms with E-state index in [0.29, 0.717) is 13.2 Å². The Bertz CT molecular complexity index is 342. The van der Waals surface area contributed by atoms with Crippen LogP contribution >= 0.6 is 0 Å². The Labute approximate surface area is 81.7 Å². The first-order valence-electron chi connectivity index (χ1n) is 3.79. The molecule has 0 saturated carbocycles. The molecule has 6 heteroatoms. The molecular weight excluding hydrogens is 185 g/mol. The molecular formula is C8H9BNO4. The molecule has 0 spiro atoms. The van der Waals surface area contributed by atoms with Gasteiger partial charge in [-0.1, -0.05) is 0 Å². The Kier molecular flexibility index (Phi) is 3.36. The molecule has 0 aliphatic carbocycles. The monoisotopic (exact) mass is 194 g/mol. The van der Waals surface area contributed by atoms with E-state index in [2.05, 4.69) is 9.39 Å². The van der Waals surface area contributed by atoms with Gasteiger partial charge >= 0.3 is 13.7 Å². The van der Waals surface area contributed by atoms with Crippen LogP contribution in [0.2, 0.25) is 0 Å². The minimum atomic E-state index is -0.476. The van der Waals surface area contributed by atoms with Gasteiger partial charge in [0.15, 0.2) is 0 Å². The van der Waals surface area contributed by atoms with Crippen molar-refractivity contribution in [3.8, 4) is 5.75 Å². The second kappa shape index (κ2) is 4.52. The molecule has 1 rings (SSSR count). The molecule has 5 nitrogen and oxygen atoms in total. The van der Waals surface area contributed by atoms with Crippen molar-refractivity contribution in [1.82, 2.24) is 0 Å². The number of carbonyl (C=O) groups is 1. The van der Waals surface area contributed by atoms with Crippen LogP contribution in [0.4, 0.5) is 5.69 Å². The summed E-state index contributed by atoms with van der Waals surface area (Å²) >= 11 is 0. The molecule has 0 heterocycles. The molecule has 0 saturated heterocycles. The van der Waals surface area contributed by atoms with Crippen molar-refractivity contribution in [3.05, 3.63) is 23.8 Å². The summed E-state index contributed by atoms with van der Waals surface area (Å²) in [5.41, 5.74) is 6.11. The summed E-state index contributed by atoms with van der Waals surface area (Å²) in [4.78, 5) is 11.1. The van der Waals surface area contributed by atoms with Gasteiger partial charge in [-0.3, -0.25) is 0 Å². The zero-order valence-corrected chi connectivity index (χ0v) is 7.56. The number of ether oxygens (including phenoxy) is 1. The van der Waals surface area contributed by atoms with Crippen LogP contribution < -0.4 is 10.4 Å². The zero-order chi connectivity index (χ0) is 10.6. The first-order valence-corrected chi connectivity index (χ1v) is 3.79. The van der Waals surface area contributed by atoms with Crippen LogP contribution in [0.3, 0.4) is 0 Å². The minimum absolute atomic E-state index is 0.248. The summed E-state index contributed by atoms with van der Waals surface area (Å²) in [6, 6.07) is 4.36. The average Bonchev–Trinajstić information content (AvgIpc) is 2.20. The summed E-state index contributed by atoms with van der Waals surface area (Å²) in [7, 11) is 1.80. The third-order valence-corrected chi connectivity index (χ3v) is 1.61. The van der Waals surface area contributed by atoms with E-state index >= 15 is 0 Å². The molecule has 0 amide bonds. The van der Waals surface area contributed by atoms with Gasteiger partial charge in [0.2, 0.25) is 0 Å². The number of nitrogen functional groups attached to an aromatic ring is 1. The fourth-order valence-electron chi connectivity index (χ4n) is 0.957. The summed E-state index contributed by atoms with van der Waals surface area (Å²) in [5, 5.41) is 8.37. The number of methoxy groups -OCH3 is 1. The molecule has 1 aromatic rings. The van der Waals surface area contributed by atoms with E-state index in [-0.39, 0.29) is 11.4 Å². The predicted molar refractivity (Wildman–Crippen MR) is 50.8 cm³/mol. The van der Waals surface area contributed by atoms with E-state index < -0.39 is 5.97 Å². The van der Waals surface area contributed by atoms with Gasteiger partial charge < -0.3 is 20.1 Å². The topological polar surface area (TPSA) is 81.8 Å². The number of rotatable bonds is 3. The molecule has 0 aromatic heterocycles. The van der Waals surface area contributed by atoms with Gasteiger partial charge in [0.25, 0.3) is 0 Å². The van der Waals surface area contributed by atoms with Crippen LogP contribution in [0.25, 0.3) is 0 Å². The number of nitrogens with two attached hydrogens (primary N) is 1. The Morgan fingerprint density at radius 3 is 2.79 bits per heavy atom. The van der Waals surface area contributed by atoms with Crippen LogP contribution in [0.1, 0.15) is 10.4 Å². The lowest BCUT2D eigenvalue weighted by atomic mass is 10.2. The standard InChI is InChI=1S/C8H9BNO4/c1-13-8(11)5-2-3-7(14-9-12)6(10)4-5/h2-4,12H,10H2,1H3. The van der Waals surface area contributed by atoms with Gasteiger partial charge in [-0.25, -0.2) is 4.79 Å². The fourth-order valence-corrected chi connectivity index (χ4v) is 0.957. The summed E-state index contributed by atoms with van der Waals surface area (Å²) in [6.07, 6.45) is 0. The number of hydrogen-bond acceptors (Lipinski definition) is 5. The van der Waals surface area contributed by atoms with Crippen LogP contribution in [0.15, 0.2) is 18.2 Å². The summed E-state index contributed by atoms with van der Waals surface area (Å²) < 4.78 is 9.16. The summed E-state index contributed by atoms with van der Waals surface area (Å²) in [5.74, 6) is -0.198. The highest BCUT2D eigenvalue weighted by Crippen LogP contribution is 2.22. The highest BCUT2D eigenvalue weighted by atomic mass is 16.5. The number of anilines is 1. The molecule has 1 aromatic carbocycles. The van der Waals surface area contributed by atoms with Crippen LogP contribution in [-0.2, 0) is 4.74 Å². The lowest BCUT2D eigenvalue weighted by molar-refractivity contribution is 0.0601. The van der Waals surface area contributed by atoms with Crippen molar-refractivity contribution in [3.63, 3.8) is 0 Å². The molecule has 3 N–H and O–H groups in total. The molecule has 0 fully saturated rings. The van der Waals surface area contributed by atoms with Crippen molar-refractivity contribution in [2.24, 2.45) is 0 Å². The SMILES string of the molecule is COC(=O)c1ccc(O[B]O)c(N)c1. The Morgan fingerprint density at radius 2 is 2.29 bits per heavy atom. The zero-order valence-electron chi connectivity index (χ0n) is 7.56. The maximum atomic E-state index is 11.1. The van der Waals surface area contributed by atoms with E-state index in [1.807, 2.05) is 0 Å². The van der Waals surface area contributed by atoms with Gasteiger partial charge in [0.05, 0.1) is 18.4 Å². The third-order valence-electron chi connectivity index (χ3n) is 1.61. The molecule has 0 unspecified atom stereocenters. The quantitative estimate of drug-likeness (QED) is 0.400. The number of hydrogen-bond donors (Lipinski definition) is 2. The molecule has 0 atom stereocenters. The second-order valence-corrected chi connectivity index (χ2v) is 2.47. The smallest absolute Gasteiger partial charge is 0.536 e. The van der Waals surface area contributed by atoms with Crippen molar-refractivity contribution in [2.45, 2.75) is 0 Å². The van der Waals surface area contributed by atoms with E-state index in [4.69, 9.17) is 10.8 Å². The molecule has 0 bridgehead atoms. The first kappa shape index (κ1) is 10.4. The van der Waals surface area contributed by atoms with Crippen molar-refractivity contribution >= 4 is 19.3 Å². The van der Waals surface area contributed by atoms with Gasteiger partial charge in [-0.15, -0.1) is 0 Å². The first-order chi connectivity index (χ1) is 6.69. The van der Waals surface area contributed by atoms with E-state index in [1.54, 1.807) is 0 Å². The fraction of sp³-hybridized carbons (Fsp3) is 0.125. The number of carbonyl (C=O) groups excluding carboxylic acids is 1. The maximum Gasteiger partial charge on any atom is 0.569 e. The normalized spacial score (nSPS) is 9.29. The number of esters is 1. The van der Waals surface area contributed by atoms with Crippen molar-refractivity contribution in [2.75, 3.05) is 12.8 Å². The van der Waals surface area contributed by atoms with E-state index in [9.17, 15) is 4.79 Å². The highest BCUT2D eigenvalue weighted by molar-refractivity contribution is 6.17. The minimum Gasteiger partial charge on any atom is -0.536 e. The van der Waals surface area contributed by atoms with Gasteiger partial charge in [-0.05, 0) is 18.2 Å². The molecule has 0 aliphatic heterocycles. The van der Waals surface area contributed by atoms with Gasteiger partial charge in [0.1, 0.15) is 5.75 Å². The lowest BCUT2D eigenvalue weighted by Gasteiger charge is -2.06. The van der Waals surface area contributed by atoms with E-state index in [0.717, 1.165) is 0 Å². The third kappa shape index (κ3) is 2.17. The summed E-state index contributed by atoms with van der Waals surface area (Å²) in [6.45, 7) is 0.